The molecule has 0 aliphatic carbocycles. The van der Waals surface area contributed by atoms with E-state index in [0.29, 0.717) is 18.3 Å². The van der Waals surface area contributed by atoms with Gasteiger partial charge in [0.2, 0.25) is 5.91 Å². The second-order valence-corrected chi connectivity index (χ2v) is 6.61. The third kappa shape index (κ3) is 4.54. The molecule has 7 heteroatoms. The van der Waals surface area contributed by atoms with Crippen molar-refractivity contribution in [2.24, 2.45) is 5.41 Å². The number of hydrogen-bond donors (Lipinski definition) is 3. The predicted molar refractivity (Wildman–Crippen MR) is 88.2 cm³/mol. The zero-order valence-corrected chi connectivity index (χ0v) is 14.2. The molecule has 1 aliphatic rings. The van der Waals surface area contributed by atoms with Crippen LogP contribution in [0.1, 0.15) is 50.1 Å². The lowest BCUT2D eigenvalue weighted by atomic mass is 9.92. The number of hydrogen-bond acceptors (Lipinski definition) is 4. The normalized spacial score (nSPS) is 18.5. The molecule has 23 heavy (non-hydrogen) atoms. The van der Waals surface area contributed by atoms with Gasteiger partial charge in [0.15, 0.2) is 0 Å². The molecule has 0 spiro atoms. The molecule has 7 nitrogen and oxygen atoms in total. The average Bonchev–Trinajstić information content (AvgIpc) is 3.04. The van der Waals surface area contributed by atoms with Crippen LogP contribution in [0.5, 0.6) is 0 Å². The van der Waals surface area contributed by atoms with E-state index in [-0.39, 0.29) is 18.4 Å². The van der Waals surface area contributed by atoms with E-state index in [1.165, 1.54) is 0 Å². The van der Waals surface area contributed by atoms with Crippen LogP contribution in [-0.4, -0.2) is 47.8 Å². The number of carbonyl (C=O) groups is 2. The Morgan fingerprint density at radius 3 is 2.87 bits per heavy atom. The molecule has 0 aromatic carbocycles. The van der Waals surface area contributed by atoms with Crippen molar-refractivity contribution in [3.05, 3.63) is 18.0 Å². The summed E-state index contributed by atoms with van der Waals surface area (Å²) in [5.41, 5.74) is -0.260. The summed E-state index contributed by atoms with van der Waals surface area (Å²) in [4.78, 5) is 24.2. The summed E-state index contributed by atoms with van der Waals surface area (Å²) in [7, 11) is 0. The standard InChI is InChI=1S/C16H27N5O2/c1-4-18-15(23)16(2,3)11-19-14(22)13-7-9-21(20-13)12-6-5-8-17-10-12/h7,9,12,17H,4-6,8,10-11H2,1-3H3,(H,18,23)(H,19,22). The van der Waals surface area contributed by atoms with Gasteiger partial charge < -0.3 is 16.0 Å². The Kier molecular flexibility index (Phi) is 5.76. The van der Waals surface area contributed by atoms with Crippen molar-refractivity contribution >= 4 is 11.8 Å². The van der Waals surface area contributed by atoms with Crippen LogP contribution in [-0.2, 0) is 4.79 Å². The molecule has 1 atom stereocenters. The van der Waals surface area contributed by atoms with E-state index in [4.69, 9.17) is 0 Å². The van der Waals surface area contributed by atoms with Crippen molar-refractivity contribution in [2.45, 2.75) is 39.7 Å². The number of nitrogens with one attached hydrogen (secondary N) is 3. The Hall–Kier alpha value is -1.89. The SMILES string of the molecule is CCNC(=O)C(C)(C)CNC(=O)c1ccn(C2CCCNC2)n1. The van der Waals surface area contributed by atoms with Gasteiger partial charge in [0.1, 0.15) is 5.69 Å². The lowest BCUT2D eigenvalue weighted by molar-refractivity contribution is -0.128. The second kappa shape index (κ2) is 7.59. The largest absolute Gasteiger partial charge is 0.356 e. The van der Waals surface area contributed by atoms with Gasteiger partial charge in [-0.15, -0.1) is 0 Å². The molecule has 128 valence electrons. The first-order chi connectivity index (χ1) is 10.9. The molecule has 1 saturated heterocycles. The molecular weight excluding hydrogens is 294 g/mol. The van der Waals surface area contributed by atoms with E-state index >= 15 is 0 Å². The van der Waals surface area contributed by atoms with Crippen LogP contribution in [0, 0.1) is 5.41 Å². The van der Waals surface area contributed by atoms with Gasteiger partial charge in [-0.1, -0.05) is 0 Å². The molecule has 0 saturated carbocycles. The quantitative estimate of drug-likeness (QED) is 0.720. The van der Waals surface area contributed by atoms with Gasteiger partial charge >= 0.3 is 0 Å². The first kappa shape index (κ1) is 17.5. The number of carbonyl (C=O) groups excluding carboxylic acids is 2. The molecule has 0 bridgehead atoms. The van der Waals surface area contributed by atoms with E-state index in [0.717, 1.165) is 25.9 Å². The van der Waals surface area contributed by atoms with Crippen LogP contribution in [0.15, 0.2) is 12.3 Å². The molecule has 1 aromatic rings. The van der Waals surface area contributed by atoms with Crippen molar-refractivity contribution in [2.75, 3.05) is 26.2 Å². The lowest BCUT2D eigenvalue weighted by Crippen LogP contribution is -2.44. The number of aromatic nitrogens is 2. The van der Waals surface area contributed by atoms with Crippen LogP contribution in [0.25, 0.3) is 0 Å². The Morgan fingerprint density at radius 1 is 1.43 bits per heavy atom. The molecule has 0 radical (unpaired) electrons. The van der Waals surface area contributed by atoms with Gasteiger partial charge in [-0.05, 0) is 46.2 Å². The highest BCUT2D eigenvalue weighted by atomic mass is 16.2. The fourth-order valence-electron chi connectivity index (χ4n) is 2.59. The Balaban J connectivity index is 1.91. The Labute approximate surface area is 137 Å². The Morgan fingerprint density at radius 2 is 2.22 bits per heavy atom. The monoisotopic (exact) mass is 321 g/mol. The maximum absolute atomic E-state index is 12.2. The summed E-state index contributed by atoms with van der Waals surface area (Å²) >= 11 is 0. The highest BCUT2D eigenvalue weighted by Crippen LogP contribution is 2.16. The van der Waals surface area contributed by atoms with E-state index in [1.54, 1.807) is 6.07 Å². The molecule has 2 heterocycles. The van der Waals surface area contributed by atoms with Gasteiger partial charge in [0.05, 0.1) is 11.5 Å². The number of piperidine rings is 1. The summed E-state index contributed by atoms with van der Waals surface area (Å²) in [6.07, 6.45) is 4.04. The summed E-state index contributed by atoms with van der Waals surface area (Å²) in [6.45, 7) is 8.27. The minimum atomic E-state index is -0.651. The van der Waals surface area contributed by atoms with Crippen molar-refractivity contribution in [3.63, 3.8) is 0 Å². The van der Waals surface area contributed by atoms with E-state index < -0.39 is 5.41 Å². The first-order valence-corrected chi connectivity index (χ1v) is 8.26. The lowest BCUT2D eigenvalue weighted by Gasteiger charge is -2.23. The van der Waals surface area contributed by atoms with Crippen molar-refractivity contribution in [1.82, 2.24) is 25.7 Å². The minimum absolute atomic E-state index is 0.0703. The molecular formula is C16H27N5O2. The number of nitrogens with zero attached hydrogens (tertiary/aromatic N) is 2. The van der Waals surface area contributed by atoms with Crippen LogP contribution in [0.4, 0.5) is 0 Å². The van der Waals surface area contributed by atoms with Crippen LogP contribution >= 0.6 is 0 Å². The van der Waals surface area contributed by atoms with E-state index in [1.807, 2.05) is 31.6 Å². The van der Waals surface area contributed by atoms with E-state index in [2.05, 4.69) is 21.0 Å². The van der Waals surface area contributed by atoms with Gasteiger partial charge in [0.25, 0.3) is 5.91 Å². The van der Waals surface area contributed by atoms with Gasteiger partial charge in [-0.25, -0.2) is 0 Å². The molecule has 2 amide bonds. The molecule has 2 rings (SSSR count). The molecule has 1 aliphatic heterocycles. The summed E-state index contributed by atoms with van der Waals surface area (Å²) in [5.74, 6) is -0.316. The van der Waals surface area contributed by atoms with Crippen LogP contribution in [0.3, 0.4) is 0 Å². The van der Waals surface area contributed by atoms with Crippen molar-refractivity contribution in [3.8, 4) is 0 Å². The number of rotatable bonds is 6. The zero-order valence-electron chi connectivity index (χ0n) is 14.2. The van der Waals surface area contributed by atoms with E-state index in [9.17, 15) is 9.59 Å². The highest BCUT2D eigenvalue weighted by molar-refractivity contribution is 5.92. The summed E-state index contributed by atoms with van der Waals surface area (Å²) in [6, 6.07) is 2.03. The molecule has 1 fully saturated rings. The molecule has 1 unspecified atom stereocenters. The maximum atomic E-state index is 12.2. The number of amides is 2. The molecule has 1 aromatic heterocycles. The Bertz CT molecular complexity index is 546. The summed E-state index contributed by atoms with van der Waals surface area (Å²) < 4.78 is 1.86. The van der Waals surface area contributed by atoms with Crippen molar-refractivity contribution in [1.29, 1.82) is 0 Å². The van der Waals surface area contributed by atoms with Crippen LogP contribution < -0.4 is 16.0 Å². The highest BCUT2D eigenvalue weighted by Gasteiger charge is 2.28. The fourth-order valence-corrected chi connectivity index (χ4v) is 2.59. The third-order valence-electron chi connectivity index (χ3n) is 4.13. The maximum Gasteiger partial charge on any atom is 0.271 e. The fraction of sp³-hybridized carbons (Fsp3) is 0.688. The van der Waals surface area contributed by atoms with Crippen molar-refractivity contribution < 1.29 is 9.59 Å². The average molecular weight is 321 g/mol. The zero-order chi connectivity index (χ0) is 16.9. The first-order valence-electron chi connectivity index (χ1n) is 8.26. The van der Waals surface area contributed by atoms with Gasteiger partial charge in [-0.3, -0.25) is 14.3 Å². The predicted octanol–water partition coefficient (Wildman–Crippen LogP) is 0.700. The summed E-state index contributed by atoms with van der Waals surface area (Å²) in [5, 5.41) is 13.3. The molecule has 3 N–H and O–H groups in total. The smallest absolute Gasteiger partial charge is 0.271 e. The second-order valence-electron chi connectivity index (χ2n) is 6.61. The van der Waals surface area contributed by atoms with Gasteiger partial charge in [0, 0.05) is 25.8 Å². The van der Waals surface area contributed by atoms with Gasteiger partial charge in [-0.2, -0.15) is 5.10 Å². The topological polar surface area (TPSA) is 88.0 Å². The minimum Gasteiger partial charge on any atom is -0.356 e. The third-order valence-corrected chi connectivity index (χ3v) is 4.13. The van der Waals surface area contributed by atoms with Crippen LogP contribution in [0.2, 0.25) is 0 Å².